The topological polar surface area (TPSA) is 92.5 Å². The number of benzene rings is 2. The summed E-state index contributed by atoms with van der Waals surface area (Å²) in [4.78, 5) is 28.2. The number of nitrogens with one attached hydrogen (secondary N) is 3. The lowest BCUT2D eigenvalue weighted by Gasteiger charge is -2.25. The Balaban J connectivity index is 1.97. The lowest BCUT2D eigenvalue weighted by Crippen LogP contribution is -2.18. The summed E-state index contributed by atoms with van der Waals surface area (Å²) in [5, 5.41) is 6.20. The van der Waals surface area contributed by atoms with Crippen LogP contribution in [0, 0.1) is 0 Å². The first-order valence-corrected chi connectivity index (χ1v) is 10.8. The summed E-state index contributed by atoms with van der Waals surface area (Å²) in [6.45, 7) is 7.46. The summed E-state index contributed by atoms with van der Waals surface area (Å²) in [5.41, 5.74) is 3.56. The molecule has 1 amide bonds. The first-order valence-electron chi connectivity index (χ1n) is 10.8. The Hall–Kier alpha value is -3.58. The Kier molecular flexibility index (Phi) is 7.55. The highest BCUT2D eigenvalue weighted by molar-refractivity contribution is 6.05. The lowest BCUT2D eigenvalue weighted by molar-refractivity contribution is 0.102. The van der Waals surface area contributed by atoms with Crippen molar-refractivity contribution in [1.29, 1.82) is 0 Å². The Morgan fingerprint density at radius 3 is 2.39 bits per heavy atom. The molecule has 0 atom stereocenters. The lowest BCUT2D eigenvalue weighted by atomic mass is 9.84. The van der Waals surface area contributed by atoms with Gasteiger partial charge in [0.05, 0.1) is 19.4 Å². The minimum Gasteiger partial charge on any atom is -0.494 e. The van der Waals surface area contributed by atoms with Crippen LogP contribution in [0.2, 0.25) is 0 Å². The van der Waals surface area contributed by atoms with Crippen molar-refractivity contribution in [1.82, 2.24) is 4.98 Å². The van der Waals surface area contributed by atoms with Crippen LogP contribution < -0.4 is 20.9 Å². The molecule has 3 N–H and O–H groups in total. The molecule has 0 spiro atoms. The number of ether oxygens (including phenoxy) is 2. The number of methoxy groups -OCH3 is 2. The molecule has 1 heterocycles. The Morgan fingerprint density at radius 2 is 1.79 bits per heavy atom. The van der Waals surface area contributed by atoms with Crippen molar-refractivity contribution in [3.8, 4) is 16.9 Å². The largest absolute Gasteiger partial charge is 0.494 e. The molecule has 3 aromatic rings. The summed E-state index contributed by atoms with van der Waals surface area (Å²) in [6, 6.07) is 14.5. The maximum Gasteiger partial charge on any atom is 0.255 e. The highest BCUT2D eigenvalue weighted by Crippen LogP contribution is 2.40. The van der Waals surface area contributed by atoms with E-state index in [4.69, 9.17) is 9.47 Å². The minimum absolute atomic E-state index is 0.198. The standard InChI is InChI=1S/C26H31N3O4/c1-26(2,3)21-15-18(20-7-6-12-28-25(20)31)16-22(23(21)33-5)29-24(30)17-8-10-19(11-9-17)27-13-14-32-4/h6-12,15-16,27H,13-14H2,1-5H3,(H,28,31)(H,29,30). The van der Waals surface area contributed by atoms with Crippen molar-refractivity contribution in [2.24, 2.45) is 0 Å². The van der Waals surface area contributed by atoms with Gasteiger partial charge in [-0.1, -0.05) is 20.8 Å². The van der Waals surface area contributed by atoms with Gasteiger partial charge in [0.2, 0.25) is 0 Å². The number of amides is 1. The van der Waals surface area contributed by atoms with Gasteiger partial charge in [-0.3, -0.25) is 9.59 Å². The number of H-pyrrole nitrogens is 1. The zero-order valence-electron chi connectivity index (χ0n) is 19.7. The molecular formula is C26H31N3O4. The third-order valence-corrected chi connectivity index (χ3v) is 5.26. The fourth-order valence-electron chi connectivity index (χ4n) is 3.53. The van der Waals surface area contributed by atoms with E-state index in [0.717, 1.165) is 11.3 Å². The highest BCUT2D eigenvalue weighted by Gasteiger charge is 2.24. The van der Waals surface area contributed by atoms with Crippen LogP contribution in [0.25, 0.3) is 11.1 Å². The van der Waals surface area contributed by atoms with Crippen molar-refractivity contribution in [3.05, 3.63) is 76.2 Å². The van der Waals surface area contributed by atoms with Crippen LogP contribution >= 0.6 is 0 Å². The molecule has 0 saturated carbocycles. The van der Waals surface area contributed by atoms with Gasteiger partial charge in [0.25, 0.3) is 11.5 Å². The smallest absolute Gasteiger partial charge is 0.255 e. The van der Waals surface area contributed by atoms with Gasteiger partial charge in [0.1, 0.15) is 5.75 Å². The molecule has 7 heteroatoms. The number of aromatic amines is 1. The van der Waals surface area contributed by atoms with E-state index >= 15 is 0 Å². The molecular weight excluding hydrogens is 418 g/mol. The van der Waals surface area contributed by atoms with Gasteiger partial charge in [0, 0.05) is 42.2 Å². The van der Waals surface area contributed by atoms with Gasteiger partial charge < -0.3 is 25.1 Å². The van der Waals surface area contributed by atoms with E-state index in [0.29, 0.717) is 41.3 Å². The molecule has 0 aliphatic carbocycles. The monoisotopic (exact) mass is 449 g/mol. The number of carbonyl (C=O) groups excluding carboxylic acids is 1. The van der Waals surface area contributed by atoms with Gasteiger partial charge in [-0.2, -0.15) is 0 Å². The zero-order valence-corrected chi connectivity index (χ0v) is 19.7. The van der Waals surface area contributed by atoms with Crippen LogP contribution in [0.3, 0.4) is 0 Å². The maximum atomic E-state index is 13.1. The summed E-state index contributed by atoms with van der Waals surface area (Å²) in [7, 11) is 3.23. The number of hydrogen-bond donors (Lipinski definition) is 3. The number of aromatic nitrogens is 1. The Bertz CT molecular complexity index is 1160. The van der Waals surface area contributed by atoms with Crippen molar-refractivity contribution < 1.29 is 14.3 Å². The number of pyridine rings is 1. The summed E-state index contributed by atoms with van der Waals surface area (Å²) >= 11 is 0. The van der Waals surface area contributed by atoms with E-state index < -0.39 is 0 Å². The van der Waals surface area contributed by atoms with E-state index in [1.54, 1.807) is 50.7 Å². The van der Waals surface area contributed by atoms with Crippen molar-refractivity contribution in [3.63, 3.8) is 0 Å². The van der Waals surface area contributed by atoms with Gasteiger partial charge in [0.15, 0.2) is 0 Å². The maximum absolute atomic E-state index is 13.1. The van der Waals surface area contributed by atoms with Crippen LogP contribution in [-0.2, 0) is 10.2 Å². The average molecular weight is 450 g/mol. The van der Waals surface area contributed by atoms with Crippen molar-refractivity contribution >= 4 is 17.3 Å². The quantitative estimate of drug-likeness (QED) is 0.435. The van der Waals surface area contributed by atoms with Crippen LogP contribution in [0.5, 0.6) is 5.75 Å². The second kappa shape index (κ2) is 10.4. The minimum atomic E-state index is -0.280. The van der Waals surface area contributed by atoms with Crippen LogP contribution in [0.1, 0.15) is 36.7 Å². The molecule has 1 aromatic heterocycles. The summed E-state index contributed by atoms with van der Waals surface area (Å²) in [5.74, 6) is 0.306. The van der Waals surface area contributed by atoms with Gasteiger partial charge in [-0.15, -0.1) is 0 Å². The molecule has 2 aromatic carbocycles. The van der Waals surface area contributed by atoms with Crippen LogP contribution in [-0.4, -0.2) is 38.3 Å². The Labute approximate surface area is 194 Å². The first-order chi connectivity index (χ1) is 15.7. The third kappa shape index (κ3) is 5.81. The SMILES string of the molecule is COCCNc1ccc(C(=O)Nc2cc(-c3ccc[nH]c3=O)cc(C(C)(C)C)c2OC)cc1. The fourth-order valence-corrected chi connectivity index (χ4v) is 3.53. The zero-order chi connectivity index (χ0) is 24.0. The molecule has 0 aliphatic rings. The molecule has 7 nitrogen and oxygen atoms in total. The average Bonchev–Trinajstić information content (AvgIpc) is 2.79. The molecule has 0 bridgehead atoms. The van der Waals surface area contributed by atoms with Gasteiger partial charge >= 0.3 is 0 Å². The van der Waals surface area contributed by atoms with Crippen LogP contribution in [0.15, 0.2) is 59.5 Å². The normalized spacial score (nSPS) is 11.2. The molecule has 0 saturated heterocycles. The fraction of sp³-hybridized carbons (Fsp3) is 0.308. The Morgan fingerprint density at radius 1 is 1.06 bits per heavy atom. The number of anilines is 2. The van der Waals surface area contributed by atoms with Gasteiger partial charge in [-0.25, -0.2) is 0 Å². The second-order valence-electron chi connectivity index (χ2n) is 8.72. The first kappa shape index (κ1) is 24.1. The molecule has 33 heavy (non-hydrogen) atoms. The molecule has 3 rings (SSSR count). The molecule has 0 radical (unpaired) electrons. The van der Waals surface area contributed by atoms with E-state index in [1.807, 2.05) is 18.2 Å². The molecule has 0 fully saturated rings. The van der Waals surface area contributed by atoms with E-state index in [2.05, 4.69) is 36.4 Å². The number of carbonyl (C=O) groups is 1. The summed E-state index contributed by atoms with van der Waals surface area (Å²) in [6.07, 6.45) is 1.59. The molecule has 0 unspecified atom stereocenters. The van der Waals surface area contributed by atoms with Crippen molar-refractivity contribution in [2.75, 3.05) is 38.0 Å². The number of hydrogen-bond acceptors (Lipinski definition) is 5. The van der Waals surface area contributed by atoms with Crippen molar-refractivity contribution in [2.45, 2.75) is 26.2 Å². The predicted molar refractivity (Wildman–Crippen MR) is 133 cm³/mol. The molecule has 174 valence electrons. The highest BCUT2D eigenvalue weighted by atomic mass is 16.5. The van der Waals surface area contributed by atoms with E-state index in [9.17, 15) is 9.59 Å². The number of rotatable bonds is 8. The third-order valence-electron chi connectivity index (χ3n) is 5.26. The van der Waals surface area contributed by atoms with Gasteiger partial charge in [-0.05, 0) is 59.5 Å². The van der Waals surface area contributed by atoms with Crippen LogP contribution in [0.4, 0.5) is 11.4 Å². The molecule has 0 aliphatic heterocycles. The predicted octanol–water partition coefficient (Wildman–Crippen LogP) is 4.66. The summed E-state index contributed by atoms with van der Waals surface area (Å²) < 4.78 is 10.7. The van der Waals surface area contributed by atoms with E-state index in [1.165, 1.54) is 0 Å². The second-order valence-corrected chi connectivity index (χ2v) is 8.72. The van der Waals surface area contributed by atoms with E-state index in [-0.39, 0.29) is 16.9 Å².